The van der Waals surface area contributed by atoms with Gasteiger partial charge in [0.2, 0.25) is 0 Å². The molecule has 0 bridgehead atoms. The average molecular weight is 402 g/mol. The molecule has 0 radical (unpaired) electrons. The highest BCUT2D eigenvalue weighted by atomic mass is 16.7. The van der Waals surface area contributed by atoms with Gasteiger partial charge in [-0.05, 0) is 23.3 Å². The van der Waals surface area contributed by atoms with Crippen LogP contribution in [0.3, 0.4) is 0 Å². The van der Waals surface area contributed by atoms with Gasteiger partial charge in [-0.3, -0.25) is 14.7 Å². The summed E-state index contributed by atoms with van der Waals surface area (Å²) in [5.41, 5.74) is 5.29. The van der Waals surface area contributed by atoms with E-state index in [1.807, 2.05) is 26.2 Å². The number of hydrogen-bond donors (Lipinski definition) is 1. The molecule has 1 atom stereocenters. The number of allylic oxidation sites excluding steroid dienone is 1. The number of aromatic nitrogens is 2. The van der Waals surface area contributed by atoms with Crippen molar-refractivity contribution in [1.29, 1.82) is 0 Å². The minimum Gasteiger partial charge on any atom is -0.378 e. The molecule has 1 aliphatic carbocycles. The molecule has 0 fully saturated rings. The highest BCUT2D eigenvalue weighted by molar-refractivity contribution is 5.96. The van der Waals surface area contributed by atoms with Crippen LogP contribution in [-0.2, 0) is 16.7 Å². The molecule has 4 rings (SSSR count). The van der Waals surface area contributed by atoms with E-state index in [-0.39, 0.29) is 11.3 Å². The van der Waals surface area contributed by atoms with Gasteiger partial charge in [0.05, 0.1) is 7.11 Å². The summed E-state index contributed by atoms with van der Waals surface area (Å²) in [6.45, 7) is 0. The summed E-state index contributed by atoms with van der Waals surface area (Å²) in [4.78, 5) is 19.8. The third-order valence-electron chi connectivity index (χ3n) is 5.80. The largest absolute Gasteiger partial charge is 0.378 e. The lowest BCUT2D eigenvalue weighted by Crippen LogP contribution is -2.31. The Labute approximate surface area is 176 Å². The highest BCUT2D eigenvalue weighted by Crippen LogP contribution is 2.42. The normalized spacial score (nSPS) is 17.5. The lowest BCUT2D eigenvalue weighted by Gasteiger charge is -2.35. The number of carbonyl (C=O) groups is 1. The van der Waals surface area contributed by atoms with Gasteiger partial charge in [0, 0.05) is 49.9 Å². The average Bonchev–Trinajstić information content (AvgIpc) is 3.21. The van der Waals surface area contributed by atoms with Crippen LogP contribution in [0.15, 0.2) is 60.7 Å². The molecule has 1 aliphatic rings. The van der Waals surface area contributed by atoms with Crippen molar-refractivity contribution >= 4 is 17.7 Å². The van der Waals surface area contributed by atoms with E-state index < -0.39 is 0 Å². The fourth-order valence-corrected chi connectivity index (χ4v) is 4.02. The molecule has 1 aromatic heterocycles. The van der Waals surface area contributed by atoms with Gasteiger partial charge in [-0.2, -0.15) is 5.10 Å². The molecule has 1 heterocycles. The number of carbonyl (C=O) groups excluding carboxylic acids is 1. The summed E-state index contributed by atoms with van der Waals surface area (Å²) in [6, 6.07) is 19.0. The van der Waals surface area contributed by atoms with Crippen LogP contribution >= 0.6 is 0 Å². The maximum Gasteiger partial charge on any atom is 0.298 e. The van der Waals surface area contributed by atoms with Crippen molar-refractivity contribution in [1.82, 2.24) is 15.3 Å². The summed E-state index contributed by atoms with van der Waals surface area (Å²) >= 11 is 0. The standard InChI is InChI=1S/C24H26N4O2/c1-27(2)19-12-8-11-18(15-19)24(17-9-6-5-7-10-17)14-13-20-21(16-24)25-26-22(20)23(29)28(3)30-4/h5-15H,16H2,1-4H3,(H,25,26). The van der Waals surface area contributed by atoms with E-state index in [1.54, 1.807) is 7.05 Å². The Hall–Kier alpha value is -3.38. The van der Waals surface area contributed by atoms with E-state index in [2.05, 4.69) is 69.7 Å². The number of nitrogens with zero attached hydrogens (tertiary/aromatic N) is 3. The van der Waals surface area contributed by atoms with Gasteiger partial charge in [-0.15, -0.1) is 0 Å². The van der Waals surface area contributed by atoms with Gasteiger partial charge in [-0.1, -0.05) is 54.6 Å². The highest BCUT2D eigenvalue weighted by Gasteiger charge is 2.37. The molecule has 0 aliphatic heterocycles. The van der Waals surface area contributed by atoms with Gasteiger partial charge in [0.25, 0.3) is 5.91 Å². The van der Waals surface area contributed by atoms with Crippen molar-refractivity contribution in [2.45, 2.75) is 11.8 Å². The van der Waals surface area contributed by atoms with Gasteiger partial charge in [-0.25, -0.2) is 5.06 Å². The molecular weight excluding hydrogens is 376 g/mol. The van der Waals surface area contributed by atoms with E-state index in [4.69, 9.17) is 4.84 Å². The van der Waals surface area contributed by atoms with E-state index in [0.717, 1.165) is 16.9 Å². The number of amides is 1. The molecule has 1 unspecified atom stereocenters. The molecule has 0 saturated heterocycles. The quantitative estimate of drug-likeness (QED) is 0.662. The Morgan fingerprint density at radius 3 is 2.50 bits per heavy atom. The maximum atomic E-state index is 12.6. The summed E-state index contributed by atoms with van der Waals surface area (Å²) in [6.07, 6.45) is 4.88. The Bertz CT molecular complexity index is 1090. The van der Waals surface area contributed by atoms with Gasteiger partial charge >= 0.3 is 0 Å². The number of hydrogen-bond acceptors (Lipinski definition) is 4. The van der Waals surface area contributed by atoms with Crippen LogP contribution in [0.4, 0.5) is 5.69 Å². The molecule has 1 N–H and O–H groups in total. The first-order valence-electron chi connectivity index (χ1n) is 9.88. The zero-order chi connectivity index (χ0) is 21.3. The first-order chi connectivity index (χ1) is 14.5. The van der Waals surface area contributed by atoms with E-state index in [9.17, 15) is 4.79 Å². The lowest BCUT2D eigenvalue weighted by molar-refractivity contribution is -0.0760. The maximum absolute atomic E-state index is 12.6. The number of anilines is 1. The van der Waals surface area contributed by atoms with E-state index >= 15 is 0 Å². The van der Waals surface area contributed by atoms with Crippen molar-refractivity contribution < 1.29 is 9.63 Å². The van der Waals surface area contributed by atoms with Crippen molar-refractivity contribution in [2.24, 2.45) is 0 Å². The second-order valence-electron chi connectivity index (χ2n) is 7.74. The van der Waals surface area contributed by atoms with Crippen LogP contribution in [0.5, 0.6) is 0 Å². The zero-order valence-corrected chi connectivity index (χ0v) is 17.7. The topological polar surface area (TPSA) is 61.5 Å². The number of fused-ring (bicyclic) bond motifs is 1. The molecule has 6 nitrogen and oxygen atoms in total. The SMILES string of the molecule is CON(C)C(=O)c1n[nH]c2c1C=CC(c1ccccc1)(c1cccc(N(C)C)c1)C2. The third kappa shape index (κ3) is 3.29. The van der Waals surface area contributed by atoms with Crippen LogP contribution in [0.1, 0.15) is 32.9 Å². The fourth-order valence-electron chi connectivity index (χ4n) is 4.02. The summed E-state index contributed by atoms with van der Waals surface area (Å²) in [5.74, 6) is -0.276. The molecule has 154 valence electrons. The summed E-state index contributed by atoms with van der Waals surface area (Å²) in [7, 11) is 7.13. The molecule has 2 aromatic carbocycles. The predicted octanol–water partition coefficient (Wildman–Crippen LogP) is 3.66. The van der Waals surface area contributed by atoms with Crippen molar-refractivity contribution in [3.63, 3.8) is 0 Å². The van der Waals surface area contributed by atoms with Crippen LogP contribution < -0.4 is 4.90 Å². The lowest BCUT2D eigenvalue weighted by atomic mass is 9.68. The zero-order valence-electron chi connectivity index (χ0n) is 17.7. The molecule has 0 spiro atoms. The van der Waals surface area contributed by atoms with Crippen LogP contribution in [0.25, 0.3) is 6.08 Å². The second kappa shape index (κ2) is 7.80. The predicted molar refractivity (Wildman–Crippen MR) is 118 cm³/mol. The Morgan fingerprint density at radius 1 is 1.07 bits per heavy atom. The molecule has 3 aromatic rings. The van der Waals surface area contributed by atoms with Gasteiger partial charge in [0.15, 0.2) is 5.69 Å². The Morgan fingerprint density at radius 2 is 1.80 bits per heavy atom. The molecule has 1 amide bonds. The van der Waals surface area contributed by atoms with Crippen molar-refractivity contribution in [3.05, 3.63) is 88.8 Å². The van der Waals surface area contributed by atoms with Gasteiger partial charge in [0.1, 0.15) is 0 Å². The first kappa shape index (κ1) is 19.9. The summed E-state index contributed by atoms with van der Waals surface area (Å²) in [5, 5.41) is 8.60. The first-order valence-corrected chi connectivity index (χ1v) is 9.88. The molecule has 0 saturated carbocycles. The number of hydroxylamine groups is 2. The van der Waals surface area contributed by atoms with Crippen LogP contribution in [0.2, 0.25) is 0 Å². The van der Waals surface area contributed by atoms with Gasteiger partial charge < -0.3 is 4.90 Å². The number of aromatic amines is 1. The molecule has 30 heavy (non-hydrogen) atoms. The monoisotopic (exact) mass is 402 g/mol. The summed E-state index contributed by atoms with van der Waals surface area (Å²) < 4.78 is 0. The molecular formula is C24H26N4O2. The third-order valence-corrected chi connectivity index (χ3v) is 5.80. The number of H-pyrrole nitrogens is 1. The van der Waals surface area contributed by atoms with E-state index in [1.165, 1.54) is 23.3 Å². The Kier molecular flexibility index (Phi) is 5.18. The second-order valence-corrected chi connectivity index (χ2v) is 7.74. The number of rotatable bonds is 5. The van der Waals surface area contributed by atoms with Crippen LogP contribution in [0, 0.1) is 0 Å². The number of nitrogens with one attached hydrogen (secondary N) is 1. The van der Waals surface area contributed by atoms with E-state index in [0.29, 0.717) is 12.1 Å². The smallest absolute Gasteiger partial charge is 0.298 e. The van der Waals surface area contributed by atoms with Crippen molar-refractivity contribution in [3.8, 4) is 0 Å². The van der Waals surface area contributed by atoms with Crippen LogP contribution in [-0.4, -0.2) is 49.4 Å². The fraction of sp³-hybridized carbons (Fsp3) is 0.250. The Balaban J connectivity index is 1.84. The minimum absolute atomic E-state index is 0.276. The number of benzene rings is 2. The minimum atomic E-state index is -0.361. The molecule has 6 heteroatoms. The van der Waals surface area contributed by atoms with Crippen molar-refractivity contribution in [2.75, 3.05) is 33.2 Å².